The molecule has 2 heterocycles. The highest BCUT2D eigenvalue weighted by Gasteiger charge is 2.19. The molecular formula is C13H12N2O2S. The van der Waals surface area contributed by atoms with Crippen LogP contribution in [0.4, 0.5) is 0 Å². The monoisotopic (exact) mass is 260 g/mol. The van der Waals surface area contributed by atoms with Gasteiger partial charge in [0.15, 0.2) is 0 Å². The van der Waals surface area contributed by atoms with Gasteiger partial charge in [0.1, 0.15) is 11.6 Å². The first-order valence-electron chi connectivity index (χ1n) is 5.63. The summed E-state index contributed by atoms with van der Waals surface area (Å²) < 4.78 is 5.29. The molecule has 1 N–H and O–H groups in total. The molecule has 0 spiro atoms. The van der Waals surface area contributed by atoms with Gasteiger partial charge in [-0.2, -0.15) is 11.8 Å². The van der Waals surface area contributed by atoms with Crippen LogP contribution >= 0.6 is 11.8 Å². The average molecular weight is 260 g/mol. The van der Waals surface area contributed by atoms with E-state index >= 15 is 0 Å². The molecule has 0 bridgehead atoms. The second kappa shape index (κ2) is 4.49. The number of aromatic amines is 1. The van der Waals surface area contributed by atoms with Gasteiger partial charge in [-0.3, -0.25) is 4.79 Å². The van der Waals surface area contributed by atoms with Crippen LogP contribution in [-0.4, -0.2) is 17.1 Å². The van der Waals surface area contributed by atoms with Crippen molar-refractivity contribution >= 4 is 11.8 Å². The summed E-state index contributed by atoms with van der Waals surface area (Å²) in [6.07, 6.45) is 0. The van der Waals surface area contributed by atoms with E-state index < -0.39 is 0 Å². The Morgan fingerprint density at radius 3 is 3.00 bits per heavy atom. The highest BCUT2D eigenvalue weighted by atomic mass is 32.2. The molecule has 1 aliphatic heterocycles. The molecule has 0 saturated carbocycles. The lowest BCUT2D eigenvalue weighted by Crippen LogP contribution is -2.15. The quantitative estimate of drug-likeness (QED) is 0.899. The van der Waals surface area contributed by atoms with E-state index in [1.54, 1.807) is 18.9 Å². The molecule has 18 heavy (non-hydrogen) atoms. The van der Waals surface area contributed by atoms with Gasteiger partial charge in [-0.1, -0.05) is 12.1 Å². The molecule has 1 aliphatic rings. The van der Waals surface area contributed by atoms with Crippen molar-refractivity contribution in [2.24, 2.45) is 0 Å². The number of nitrogens with one attached hydrogen (secondary N) is 1. The van der Waals surface area contributed by atoms with Crippen molar-refractivity contribution in [2.45, 2.75) is 11.5 Å². The SMILES string of the molecule is COc1ccccc1-c1nc2c(c(=O)[nH]1)CSC2. The first kappa shape index (κ1) is 11.3. The van der Waals surface area contributed by atoms with Gasteiger partial charge in [-0.05, 0) is 12.1 Å². The van der Waals surface area contributed by atoms with Crippen molar-refractivity contribution in [1.29, 1.82) is 0 Å². The highest BCUT2D eigenvalue weighted by molar-refractivity contribution is 7.98. The summed E-state index contributed by atoms with van der Waals surface area (Å²) in [6, 6.07) is 7.55. The fraction of sp³-hybridized carbons (Fsp3) is 0.231. The fourth-order valence-corrected chi connectivity index (χ4v) is 3.07. The van der Waals surface area contributed by atoms with Crippen molar-refractivity contribution in [3.8, 4) is 17.1 Å². The number of benzene rings is 1. The Kier molecular flexibility index (Phi) is 2.83. The number of thioether (sulfide) groups is 1. The second-order valence-electron chi connectivity index (χ2n) is 4.03. The van der Waals surface area contributed by atoms with Crippen molar-refractivity contribution in [3.05, 3.63) is 45.9 Å². The number of rotatable bonds is 2. The summed E-state index contributed by atoms with van der Waals surface area (Å²) in [5.74, 6) is 2.86. The zero-order valence-electron chi connectivity index (χ0n) is 9.90. The first-order chi connectivity index (χ1) is 8.79. The number of fused-ring (bicyclic) bond motifs is 1. The normalized spacial score (nSPS) is 13.4. The Morgan fingerprint density at radius 2 is 2.17 bits per heavy atom. The maximum absolute atomic E-state index is 12.0. The van der Waals surface area contributed by atoms with E-state index in [1.165, 1.54) is 0 Å². The lowest BCUT2D eigenvalue weighted by atomic mass is 10.1. The van der Waals surface area contributed by atoms with E-state index in [4.69, 9.17) is 4.74 Å². The number of ether oxygens (including phenoxy) is 1. The summed E-state index contributed by atoms with van der Waals surface area (Å²) in [4.78, 5) is 19.3. The molecule has 1 aromatic carbocycles. The van der Waals surface area contributed by atoms with Gasteiger partial charge in [-0.15, -0.1) is 0 Å². The molecule has 0 aliphatic carbocycles. The Morgan fingerprint density at radius 1 is 1.33 bits per heavy atom. The minimum Gasteiger partial charge on any atom is -0.496 e. The van der Waals surface area contributed by atoms with E-state index in [-0.39, 0.29) is 5.56 Å². The zero-order chi connectivity index (χ0) is 12.5. The fourth-order valence-electron chi connectivity index (χ4n) is 2.03. The van der Waals surface area contributed by atoms with Crippen LogP contribution in [0.25, 0.3) is 11.4 Å². The molecule has 1 aromatic heterocycles. The van der Waals surface area contributed by atoms with Crippen molar-refractivity contribution in [1.82, 2.24) is 9.97 Å². The average Bonchev–Trinajstić information content (AvgIpc) is 2.87. The smallest absolute Gasteiger partial charge is 0.255 e. The maximum Gasteiger partial charge on any atom is 0.255 e. The number of H-pyrrole nitrogens is 1. The largest absolute Gasteiger partial charge is 0.496 e. The van der Waals surface area contributed by atoms with E-state index in [2.05, 4.69) is 9.97 Å². The Hall–Kier alpha value is -1.75. The van der Waals surface area contributed by atoms with E-state index in [0.717, 1.165) is 28.3 Å². The summed E-state index contributed by atoms with van der Waals surface area (Å²) in [5.41, 5.74) is 2.48. The van der Waals surface area contributed by atoms with Crippen LogP contribution in [0.2, 0.25) is 0 Å². The van der Waals surface area contributed by atoms with Gasteiger partial charge < -0.3 is 9.72 Å². The lowest BCUT2D eigenvalue weighted by Gasteiger charge is -2.08. The van der Waals surface area contributed by atoms with Crippen molar-refractivity contribution in [3.63, 3.8) is 0 Å². The Labute approximate surface area is 108 Å². The maximum atomic E-state index is 12.0. The van der Waals surface area contributed by atoms with Crippen molar-refractivity contribution < 1.29 is 4.74 Å². The van der Waals surface area contributed by atoms with Crippen LogP contribution in [0.5, 0.6) is 5.75 Å². The Balaban J connectivity index is 2.18. The minimum absolute atomic E-state index is 0.0362. The lowest BCUT2D eigenvalue weighted by molar-refractivity contribution is 0.416. The molecule has 0 atom stereocenters. The third-order valence-electron chi connectivity index (χ3n) is 2.95. The molecule has 3 rings (SSSR count). The van der Waals surface area contributed by atoms with Crippen LogP contribution in [0.1, 0.15) is 11.3 Å². The van der Waals surface area contributed by atoms with Gasteiger partial charge in [0.2, 0.25) is 0 Å². The third-order valence-corrected chi connectivity index (χ3v) is 3.92. The number of methoxy groups -OCH3 is 1. The summed E-state index contributed by atoms with van der Waals surface area (Å²) in [7, 11) is 1.61. The topological polar surface area (TPSA) is 55.0 Å². The number of hydrogen-bond donors (Lipinski definition) is 1. The van der Waals surface area contributed by atoms with Crippen LogP contribution in [0.3, 0.4) is 0 Å². The first-order valence-corrected chi connectivity index (χ1v) is 6.78. The summed E-state index contributed by atoms with van der Waals surface area (Å²) in [6.45, 7) is 0. The van der Waals surface area contributed by atoms with Gasteiger partial charge in [0.25, 0.3) is 5.56 Å². The molecular weight excluding hydrogens is 248 g/mol. The third kappa shape index (κ3) is 1.80. The number of nitrogens with zero attached hydrogens (tertiary/aromatic N) is 1. The summed E-state index contributed by atoms with van der Waals surface area (Å²) >= 11 is 1.72. The molecule has 5 heteroatoms. The van der Waals surface area contributed by atoms with Gasteiger partial charge in [0.05, 0.1) is 18.4 Å². The molecule has 92 valence electrons. The molecule has 0 radical (unpaired) electrons. The predicted molar refractivity (Wildman–Crippen MR) is 71.8 cm³/mol. The molecule has 0 fully saturated rings. The summed E-state index contributed by atoms with van der Waals surface area (Å²) in [5, 5.41) is 0. The Bertz CT molecular complexity index is 652. The second-order valence-corrected chi connectivity index (χ2v) is 5.02. The number of aromatic nitrogens is 2. The van der Waals surface area contributed by atoms with E-state index in [9.17, 15) is 4.79 Å². The predicted octanol–water partition coefficient (Wildman–Crippen LogP) is 2.19. The molecule has 0 saturated heterocycles. The molecule has 0 unspecified atom stereocenters. The highest BCUT2D eigenvalue weighted by Crippen LogP contribution is 2.30. The van der Waals surface area contributed by atoms with E-state index in [0.29, 0.717) is 11.6 Å². The van der Waals surface area contributed by atoms with Gasteiger partial charge in [-0.25, -0.2) is 4.98 Å². The van der Waals surface area contributed by atoms with E-state index in [1.807, 2.05) is 24.3 Å². The van der Waals surface area contributed by atoms with Gasteiger partial charge in [0, 0.05) is 17.1 Å². The molecule has 2 aromatic rings. The van der Waals surface area contributed by atoms with Crippen LogP contribution < -0.4 is 10.3 Å². The number of para-hydroxylation sites is 1. The van der Waals surface area contributed by atoms with Gasteiger partial charge >= 0.3 is 0 Å². The minimum atomic E-state index is -0.0362. The zero-order valence-corrected chi connectivity index (χ0v) is 10.7. The number of hydrogen-bond acceptors (Lipinski definition) is 4. The van der Waals surface area contributed by atoms with Crippen LogP contribution in [0, 0.1) is 0 Å². The van der Waals surface area contributed by atoms with Crippen molar-refractivity contribution in [2.75, 3.05) is 7.11 Å². The van der Waals surface area contributed by atoms with Crippen LogP contribution in [0.15, 0.2) is 29.1 Å². The van der Waals surface area contributed by atoms with Crippen LogP contribution in [-0.2, 0) is 11.5 Å². The standard InChI is InChI=1S/C13H12N2O2S/c1-17-11-5-3-2-4-8(11)12-14-10-7-18-6-9(10)13(16)15-12/h2-5H,6-7H2,1H3,(H,14,15,16). The molecule has 0 amide bonds. The molecule has 4 nitrogen and oxygen atoms in total.